The van der Waals surface area contributed by atoms with E-state index in [1.54, 1.807) is 0 Å². The number of carbonyl (C=O) groups excluding carboxylic acids is 1. The third-order valence-corrected chi connectivity index (χ3v) is 5.91. The molecule has 1 aromatic carbocycles. The van der Waals surface area contributed by atoms with Crippen molar-refractivity contribution in [3.63, 3.8) is 0 Å². The number of nitrogens with one attached hydrogen (secondary N) is 1. The van der Waals surface area contributed by atoms with Gasteiger partial charge in [-0.15, -0.1) is 24.0 Å². The second kappa shape index (κ2) is 12.5. The molecule has 0 aromatic heterocycles. The van der Waals surface area contributed by atoms with Gasteiger partial charge in [-0.1, -0.05) is 29.8 Å². The molecule has 8 heteroatoms. The van der Waals surface area contributed by atoms with Crippen LogP contribution in [0.5, 0.6) is 0 Å². The Balaban J connectivity index is 0.00000320. The molecule has 2 saturated heterocycles. The van der Waals surface area contributed by atoms with E-state index in [1.165, 1.54) is 18.2 Å². The second-order valence-electron chi connectivity index (χ2n) is 7.79. The average Bonchev–Trinajstić information content (AvgIpc) is 2.77. The Morgan fingerprint density at radius 2 is 1.97 bits per heavy atom. The number of hydrogen-bond donors (Lipinski definition) is 1. The van der Waals surface area contributed by atoms with Crippen molar-refractivity contribution in [3.8, 4) is 0 Å². The minimum Gasteiger partial charge on any atom is -0.469 e. The van der Waals surface area contributed by atoms with Crippen molar-refractivity contribution >= 4 is 35.9 Å². The van der Waals surface area contributed by atoms with E-state index in [-0.39, 0.29) is 41.9 Å². The van der Waals surface area contributed by atoms with Crippen molar-refractivity contribution in [1.82, 2.24) is 15.1 Å². The van der Waals surface area contributed by atoms with Gasteiger partial charge < -0.3 is 19.7 Å². The molecule has 0 bridgehead atoms. The van der Waals surface area contributed by atoms with Gasteiger partial charge in [0, 0.05) is 39.8 Å². The highest BCUT2D eigenvalue weighted by Crippen LogP contribution is 2.23. The van der Waals surface area contributed by atoms with Crippen molar-refractivity contribution < 1.29 is 14.3 Å². The molecule has 1 unspecified atom stereocenters. The van der Waals surface area contributed by atoms with Gasteiger partial charge in [0.2, 0.25) is 0 Å². The highest BCUT2D eigenvalue weighted by atomic mass is 127. The molecule has 0 aliphatic carbocycles. The first-order valence-corrected chi connectivity index (χ1v) is 10.5. The number of carbonyl (C=O) groups is 1. The summed E-state index contributed by atoms with van der Waals surface area (Å²) in [5.41, 5.74) is 2.59. The fourth-order valence-electron chi connectivity index (χ4n) is 4.24. The Labute approximate surface area is 197 Å². The molecule has 7 nitrogen and oxygen atoms in total. The third kappa shape index (κ3) is 6.55. The summed E-state index contributed by atoms with van der Waals surface area (Å²) in [5, 5.41) is 3.59. The minimum atomic E-state index is -0.0978. The highest BCUT2D eigenvalue weighted by molar-refractivity contribution is 14.0. The number of methoxy groups -OCH3 is 1. The zero-order chi connectivity index (χ0) is 20.6. The Morgan fingerprint density at radius 3 is 2.57 bits per heavy atom. The van der Waals surface area contributed by atoms with Crippen LogP contribution in [0.15, 0.2) is 29.3 Å². The number of benzene rings is 1. The van der Waals surface area contributed by atoms with E-state index in [2.05, 4.69) is 51.3 Å². The molecule has 2 aliphatic heterocycles. The summed E-state index contributed by atoms with van der Waals surface area (Å²) in [7, 11) is 3.29. The lowest BCUT2D eigenvalue weighted by molar-refractivity contribution is -0.146. The van der Waals surface area contributed by atoms with Gasteiger partial charge in [-0.3, -0.25) is 14.7 Å². The standard InChI is InChI=1S/C22H34N4O3.HI/c1-17-5-4-6-19(15-17)20(25-11-13-29-14-12-25)16-24-22(23-2)26-9-7-18(8-10-26)21(27)28-3;/h4-6,15,18,20H,7-14,16H2,1-3H3,(H,23,24);1H. The lowest BCUT2D eigenvalue weighted by Gasteiger charge is -2.37. The van der Waals surface area contributed by atoms with Crippen LogP contribution >= 0.6 is 24.0 Å². The molecule has 0 saturated carbocycles. The summed E-state index contributed by atoms with van der Waals surface area (Å²) in [6, 6.07) is 9.01. The van der Waals surface area contributed by atoms with E-state index in [0.717, 1.165) is 64.7 Å². The van der Waals surface area contributed by atoms with Crippen LogP contribution in [0, 0.1) is 12.8 Å². The Bertz CT molecular complexity index is 701. The maximum Gasteiger partial charge on any atom is 0.308 e. The van der Waals surface area contributed by atoms with Crippen molar-refractivity contribution in [3.05, 3.63) is 35.4 Å². The number of hydrogen-bond acceptors (Lipinski definition) is 5. The fourth-order valence-corrected chi connectivity index (χ4v) is 4.24. The number of aliphatic imine (C=N–C) groups is 1. The van der Waals surface area contributed by atoms with Crippen LogP contribution in [-0.2, 0) is 14.3 Å². The van der Waals surface area contributed by atoms with Gasteiger partial charge in [-0.05, 0) is 25.3 Å². The minimum absolute atomic E-state index is 0. The van der Waals surface area contributed by atoms with E-state index in [1.807, 2.05) is 7.05 Å². The van der Waals surface area contributed by atoms with E-state index < -0.39 is 0 Å². The van der Waals surface area contributed by atoms with E-state index in [0.29, 0.717) is 0 Å². The van der Waals surface area contributed by atoms with E-state index in [4.69, 9.17) is 9.47 Å². The number of morpholine rings is 1. The number of piperidine rings is 1. The zero-order valence-electron chi connectivity index (χ0n) is 18.3. The van der Waals surface area contributed by atoms with Crippen molar-refractivity contribution in [2.45, 2.75) is 25.8 Å². The number of guanidine groups is 1. The quantitative estimate of drug-likeness (QED) is 0.273. The van der Waals surface area contributed by atoms with Gasteiger partial charge in [0.05, 0.1) is 32.3 Å². The molecule has 1 aromatic rings. The predicted octanol–water partition coefficient (Wildman–Crippen LogP) is 2.45. The lowest BCUT2D eigenvalue weighted by Crippen LogP contribution is -2.49. The van der Waals surface area contributed by atoms with Gasteiger partial charge >= 0.3 is 5.97 Å². The molecule has 0 spiro atoms. The summed E-state index contributed by atoms with van der Waals surface area (Å²) in [4.78, 5) is 21.0. The number of likely N-dealkylation sites (tertiary alicyclic amines) is 1. The SMILES string of the molecule is CN=C(NCC(c1cccc(C)c1)N1CCOCC1)N1CCC(C(=O)OC)CC1.I. The third-order valence-electron chi connectivity index (χ3n) is 5.91. The van der Waals surface area contributed by atoms with Gasteiger partial charge in [-0.25, -0.2) is 0 Å². The maximum absolute atomic E-state index is 11.8. The molecular weight excluding hydrogens is 495 g/mol. The molecular formula is C22H35IN4O3. The van der Waals surface area contributed by atoms with Crippen molar-refractivity contribution in [2.75, 3.05) is 60.1 Å². The predicted molar refractivity (Wildman–Crippen MR) is 129 cm³/mol. The molecule has 30 heavy (non-hydrogen) atoms. The smallest absolute Gasteiger partial charge is 0.308 e. The van der Waals surface area contributed by atoms with Crippen molar-refractivity contribution in [2.24, 2.45) is 10.9 Å². The number of ether oxygens (including phenoxy) is 2. The average molecular weight is 530 g/mol. The summed E-state index contributed by atoms with van der Waals surface area (Å²) in [5.74, 6) is 0.807. The van der Waals surface area contributed by atoms with Gasteiger partial charge in [-0.2, -0.15) is 0 Å². The van der Waals surface area contributed by atoms with Crippen LogP contribution in [0.4, 0.5) is 0 Å². The van der Waals surface area contributed by atoms with Crippen LogP contribution in [-0.4, -0.2) is 81.8 Å². The Morgan fingerprint density at radius 1 is 1.27 bits per heavy atom. The summed E-state index contributed by atoms with van der Waals surface area (Å²) in [6.45, 7) is 7.96. The zero-order valence-corrected chi connectivity index (χ0v) is 20.6. The molecule has 0 radical (unpaired) electrons. The molecule has 1 N–H and O–H groups in total. The second-order valence-corrected chi connectivity index (χ2v) is 7.79. The van der Waals surface area contributed by atoms with Crippen LogP contribution in [0.2, 0.25) is 0 Å². The number of halogens is 1. The first-order valence-electron chi connectivity index (χ1n) is 10.5. The van der Waals surface area contributed by atoms with Crippen LogP contribution in [0.1, 0.15) is 30.0 Å². The number of rotatable bonds is 5. The maximum atomic E-state index is 11.8. The van der Waals surface area contributed by atoms with Gasteiger partial charge in [0.25, 0.3) is 0 Å². The van der Waals surface area contributed by atoms with Crippen molar-refractivity contribution in [1.29, 1.82) is 0 Å². The van der Waals surface area contributed by atoms with E-state index in [9.17, 15) is 4.79 Å². The monoisotopic (exact) mass is 530 g/mol. The van der Waals surface area contributed by atoms with Crippen LogP contribution in [0.3, 0.4) is 0 Å². The summed E-state index contributed by atoms with van der Waals surface area (Å²) in [6.07, 6.45) is 1.61. The first kappa shape index (κ1) is 24.9. The number of aryl methyl sites for hydroxylation is 1. The molecule has 2 heterocycles. The molecule has 2 fully saturated rings. The largest absolute Gasteiger partial charge is 0.469 e. The molecule has 1 atom stereocenters. The molecule has 3 rings (SSSR count). The number of nitrogens with zero attached hydrogens (tertiary/aromatic N) is 3. The Hall–Kier alpha value is -1.39. The molecule has 2 aliphatic rings. The summed E-state index contributed by atoms with van der Waals surface area (Å²) < 4.78 is 10.5. The number of esters is 1. The summed E-state index contributed by atoms with van der Waals surface area (Å²) >= 11 is 0. The normalized spacial score (nSPS) is 19.7. The topological polar surface area (TPSA) is 66.4 Å². The van der Waals surface area contributed by atoms with E-state index >= 15 is 0 Å². The highest BCUT2D eigenvalue weighted by Gasteiger charge is 2.28. The van der Waals surface area contributed by atoms with Gasteiger partial charge in [0.15, 0.2) is 5.96 Å². The first-order chi connectivity index (χ1) is 14.1. The molecule has 168 valence electrons. The van der Waals surface area contributed by atoms with Crippen LogP contribution < -0.4 is 5.32 Å². The lowest BCUT2D eigenvalue weighted by atomic mass is 9.97. The van der Waals surface area contributed by atoms with Crippen LogP contribution in [0.25, 0.3) is 0 Å². The fraction of sp³-hybridized carbons (Fsp3) is 0.636. The molecule has 0 amide bonds. The van der Waals surface area contributed by atoms with Gasteiger partial charge in [0.1, 0.15) is 0 Å². The Kier molecular flexibility index (Phi) is 10.3.